The van der Waals surface area contributed by atoms with Gasteiger partial charge in [-0.25, -0.2) is 0 Å². The molecule has 0 aliphatic carbocycles. The van der Waals surface area contributed by atoms with E-state index in [0.29, 0.717) is 102 Å². The molecule has 3 rings (SSSR count). The summed E-state index contributed by atoms with van der Waals surface area (Å²) in [7, 11) is 0. The van der Waals surface area contributed by atoms with Crippen LogP contribution in [0.4, 0.5) is 0 Å². The Bertz CT molecular complexity index is 1980. The molecule has 4 amide bonds. The zero-order chi connectivity index (χ0) is 61.1. The molecule has 0 aromatic heterocycles. The number of hydrogen-bond donors (Lipinski definition) is 8. The zero-order valence-electron chi connectivity index (χ0n) is 50.4. The molecule has 18 nitrogen and oxygen atoms in total. The van der Waals surface area contributed by atoms with Gasteiger partial charge in [-0.2, -0.15) is 94.1 Å². The third-order valence-electron chi connectivity index (χ3n) is 12.9. The number of thioether (sulfide) groups is 8. The zero-order valence-corrected chi connectivity index (χ0v) is 56.9. The number of carbonyl (C=O) groups is 4. The summed E-state index contributed by atoms with van der Waals surface area (Å²) in [6, 6.07) is 8.09. The van der Waals surface area contributed by atoms with Crippen LogP contribution in [0.25, 0.3) is 0 Å². The number of aliphatic hydroxyl groups is 2. The molecule has 2 aliphatic heterocycles. The molecule has 2 atom stereocenters. The summed E-state index contributed by atoms with van der Waals surface area (Å²) >= 11 is 14.3. The van der Waals surface area contributed by atoms with Crippen LogP contribution >= 0.6 is 94.1 Å². The second kappa shape index (κ2) is 53.6. The Morgan fingerprint density at radius 3 is 1.85 bits per heavy atom. The van der Waals surface area contributed by atoms with Gasteiger partial charge >= 0.3 is 11.9 Å². The molecule has 0 radical (unpaired) electrons. The third kappa shape index (κ3) is 42.5. The average molecular weight is 1330 g/mol. The molecule has 0 fully saturated rings. The number of unbranched alkanes of at least 4 members (excludes halogenated alkanes) is 1. The van der Waals surface area contributed by atoms with Crippen molar-refractivity contribution in [2.45, 2.75) is 109 Å². The summed E-state index contributed by atoms with van der Waals surface area (Å²) in [6.07, 6.45) is 12.3. The van der Waals surface area contributed by atoms with E-state index in [9.17, 15) is 29.4 Å². The number of nitrogens with two attached hydrogens (primary N) is 4. The van der Waals surface area contributed by atoms with E-state index in [1.807, 2.05) is 97.8 Å². The van der Waals surface area contributed by atoms with E-state index in [4.69, 9.17) is 27.8 Å². The van der Waals surface area contributed by atoms with Gasteiger partial charge in [-0.05, 0) is 120 Å². The maximum atomic E-state index is 13.7. The Kier molecular flexibility index (Phi) is 49.5. The van der Waals surface area contributed by atoms with E-state index in [2.05, 4.69) is 28.6 Å². The Balaban J connectivity index is 1.77. The standard InChI is InChI=1S/C58H103N11O7S8/c1-3-5-24-67(25-6-31-77-35-10-38-80-41-17-53(72)66(23-4-2)28-21-63-57(59)60)54(73)20-44-84-48-52(71)51(70)47-83-33-8-27-69-46-50-15-13-49(14-16-50)45-65-76-30-9-34-79-37-12-40-81-42-18-55(74)68(29-22-64-58(61)62)26-7-32-78-36-11-39-82-43-19-56(69)75/h4,13-16,45,51-52,70-71H,2-3,5-12,17-44,46-48H2,1H3,(H4,59,60,63)(H4,61,62,64)/p+2/b65-45-. The monoisotopic (exact) mass is 1320 g/mol. The number of benzene rings is 1. The first kappa shape index (κ1) is 77.7. The van der Waals surface area contributed by atoms with Crippen LogP contribution in [0.2, 0.25) is 0 Å². The number of hydrogen-bond acceptors (Lipinski definition) is 16. The number of nitrogens with one attached hydrogen (secondary N) is 2. The van der Waals surface area contributed by atoms with E-state index in [1.165, 1.54) is 11.8 Å². The van der Waals surface area contributed by atoms with E-state index < -0.39 is 12.2 Å². The molecule has 2 aliphatic rings. The predicted molar refractivity (Wildman–Crippen MR) is 370 cm³/mol. The van der Waals surface area contributed by atoms with E-state index in [-0.39, 0.29) is 35.5 Å². The van der Waals surface area contributed by atoms with Gasteiger partial charge in [0.15, 0.2) is 0 Å². The molecule has 480 valence electrons. The lowest BCUT2D eigenvalue weighted by atomic mass is 10.1. The van der Waals surface area contributed by atoms with Gasteiger partial charge in [-0.1, -0.05) is 48.8 Å². The summed E-state index contributed by atoms with van der Waals surface area (Å²) in [5.41, 5.74) is 24.1. The molecule has 1 aromatic rings. The van der Waals surface area contributed by atoms with E-state index in [1.54, 1.807) is 40.7 Å². The second-order valence-corrected chi connectivity index (χ2v) is 29.7. The molecule has 2 unspecified atom stereocenters. The van der Waals surface area contributed by atoms with Crippen molar-refractivity contribution in [1.82, 2.24) is 19.6 Å². The number of nitrogens with zero attached hydrogens (tertiary/aromatic N) is 5. The molecule has 12 N–H and O–H groups in total. The van der Waals surface area contributed by atoms with Crippen molar-refractivity contribution in [3.63, 3.8) is 0 Å². The molecular formula is C58H105N11O7S8+2. The van der Waals surface area contributed by atoms with E-state index in [0.717, 1.165) is 157 Å². The lowest BCUT2D eigenvalue weighted by molar-refractivity contribution is -0.459. The van der Waals surface area contributed by atoms with Crippen molar-refractivity contribution in [1.29, 1.82) is 0 Å². The smallest absolute Gasteiger partial charge is 0.338 e. The SMILES string of the molecule is C=CCN(CC[NH+]=C(N)N)C(=O)CCSCCCSCCCN(CCCC)C(=O)CCSCC(O)C(O)CSCCCN1Cc2ccc(cc2)/C=N\OCCCSCCCSCCC(=O)N(CC[NH+]=C(N)N)CCCSCCCSCCC1=O. The molecule has 1 aromatic carbocycles. The van der Waals surface area contributed by atoms with Gasteiger partial charge in [-0.15, -0.1) is 6.58 Å². The van der Waals surface area contributed by atoms with Crippen molar-refractivity contribution in [2.75, 3.05) is 158 Å². The first-order valence-corrected chi connectivity index (χ1v) is 39.3. The van der Waals surface area contributed by atoms with Gasteiger partial charge in [0.1, 0.15) is 6.61 Å². The first-order valence-electron chi connectivity index (χ1n) is 30.0. The fraction of sp³-hybridized carbons (Fsp3) is 0.741. The minimum atomic E-state index is -0.897. The number of amides is 4. The van der Waals surface area contributed by atoms with Crippen molar-refractivity contribution in [3.05, 3.63) is 48.0 Å². The van der Waals surface area contributed by atoms with Gasteiger partial charge in [0, 0.05) is 99.5 Å². The Hall–Kier alpha value is -2.43. The summed E-state index contributed by atoms with van der Waals surface area (Å²) in [5, 5.41) is 25.9. The molecule has 0 saturated carbocycles. The van der Waals surface area contributed by atoms with Crippen molar-refractivity contribution >= 4 is 136 Å². The van der Waals surface area contributed by atoms with Crippen LogP contribution in [0, 0.1) is 0 Å². The molecular weight excluding hydrogens is 1220 g/mol. The lowest BCUT2D eigenvalue weighted by Crippen LogP contribution is -2.79. The molecule has 0 spiro atoms. The number of fused-ring (bicyclic) bond motifs is 28. The topological polar surface area (TPSA) is 275 Å². The Morgan fingerprint density at radius 2 is 1.20 bits per heavy atom. The Labute approximate surface area is 538 Å². The number of rotatable bonds is 34. The highest BCUT2D eigenvalue weighted by atomic mass is 32.2. The number of guanidine groups is 2. The number of carbonyl (C=O) groups excluding carboxylic acids is 4. The van der Waals surface area contributed by atoms with Crippen LogP contribution in [0.1, 0.15) is 102 Å². The fourth-order valence-corrected chi connectivity index (χ4v) is 15.9. The second-order valence-electron chi connectivity index (χ2n) is 20.1. The van der Waals surface area contributed by atoms with Crippen LogP contribution < -0.4 is 32.9 Å². The van der Waals surface area contributed by atoms with Crippen LogP contribution in [0.3, 0.4) is 0 Å². The van der Waals surface area contributed by atoms with Crippen molar-refractivity contribution < 1.29 is 44.2 Å². The van der Waals surface area contributed by atoms with Gasteiger partial charge in [-0.3, -0.25) is 52.1 Å². The van der Waals surface area contributed by atoms with Gasteiger partial charge < -0.3 is 34.7 Å². The largest absolute Gasteiger partial charge is 0.396 e. The molecule has 26 heteroatoms. The Morgan fingerprint density at radius 1 is 0.667 bits per heavy atom. The predicted octanol–water partition coefficient (Wildman–Crippen LogP) is 3.44. The highest BCUT2D eigenvalue weighted by Gasteiger charge is 2.20. The fourth-order valence-electron chi connectivity index (χ4n) is 8.19. The molecule has 84 heavy (non-hydrogen) atoms. The van der Waals surface area contributed by atoms with E-state index >= 15 is 0 Å². The molecule has 2 heterocycles. The van der Waals surface area contributed by atoms with Gasteiger partial charge in [0.25, 0.3) is 0 Å². The van der Waals surface area contributed by atoms with Gasteiger partial charge in [0.2, 0.25) is 23.6 Å². The summed E-state index contributed by atoms with van der Waals surface area (Å²) in [4.78, 5) is 71.8. The van der Waals surface area contributed by atoms with Crippen LogP contribution in [-0.2, 0) is 30.6 Å². The average Bonchev–Trinajstić information content (AvgIpc) is 3.54. The third-order valence-corrected chi connectivity index (χ3v) is 21.8. The maximum absolute atomic E-state index is 13.7. The van der Waals surface area contributed by atoms with Crippen LogP contribution in [0.5, 0.6) is 0 Å². The quantitative estimate of drug-likeness (QED) is 0.0212. The number of aliphatic hydroxyl groups excluding tert-OH is 2. The lowest BCUT2D eigenvalue weighted by Gasteiger charge is -2.23. The first-order chi connectivity index (χ1) is 40.8. The van der Waals surface area contributed by atoms with Crippen LogP contribution in [-0.4, -0.2) is 241 Å². The summed E-state index contributed by atoms with van der Waals surface area (Å²) in [5.74, 6) is 14.4. The maximum Gasteiger partial charge on any atom is 0.338 e. The van der Waals surface area contributed by atoms with Crippen molar-refractivity contribution in [2.24, 2.45) is 28.1 Å². The summed E-state index contributed by atoms with van der Waals surface area (Å²) < 4.78 is 0. The van der Waals surface area contributed by atoms with Gasteiger partial charge in [0.05, 0.1) is 44.6 Å². The highest BCUT2D eigenvalue weighted by molar-refractivity contribution is 8.01. The minimum absolute atomic E-state index is 0.0975. The number of oxime groups is 1. The summed E-state index contributed by atoms with van der Waals surface area (Å²) in [6.45, 7) is 12.3. The minimum Gasteiger partial charge on any atom is -0.396 e. The normalized spacial score (nSPS) is 16.5. The molecule has 0 saturated heterocycles. The van der Waals surface area contributed by atoms with Crippen molar-refractivity contribution in [3.8, 4) is 0 Å². The van der Waals surface area contributed by atoms with Crippen LogP contribution in [0.15, 0.2) is 42.1 Å². The molecule has 2 bridgehead atoms. The highest BCUT2D eigenvalue weighted by Crippen LogP contribution is 2.19.